The quantitative estimate of drug-likeness (QED) is 0.658. The molecule has 23 heavy (non-hydrogen) atoms. The number of nitrogens with zero attached hydrogens (tertiary/aromatic N) is 4. The van der Waals surface area contributed by atoms with Crippen LogP contribution in [0, 0.1) is 6.92 Å². The summed E-state index contributed by atoms with van der Waals surface area (Å²) in [6.45, 7) is 7.19. The van der Waals surface area contributed by atoms with Gasteiger partial charge in [0.05, 0.1) is 11.8 Å². The molecule has 1 atom stereocenters. The van der Waals surface area contributed by atoms with Crippen LogP contribution in [0.3, 0.4) is 0 Å². The van der Waals surface area contributed by atoms with E-state index >= 15 is 0 Å². The van der Waals surface area contributed by atoms with Crippen molar-refractivity contribution in [3.8, 4) is 0 Å². The van der Waals surface area contributed by atoms with Gasteiger partial charge in [-0.25, -0.2) is 4.98 Å². The summed E-state index contributed by atoms with van der Waals surface area (Å²) in [4.78, 5) is 11.5. The zero-order valence-corrected chi connectivity index (χ0v) is 13.9. The second kappa shape index (κ2) is 7.00. The van der Waals surface area contributed by atoms with Gasteiger partial charge in [-0.2, -0.15) is 0 Å². The van der Waals surface area contributed by atoms with Crippen LogP contribution in [-0.4, -0.2) is 57.6 Å². The number of hydrogen-bond acceptors (Lipinski definition) is 3. The smallest absolute Gasteiger partial charge is 0.194 e. The van der Waals surface area contributed by atoms with Gasteiger partial charge in [0.1, 0.15) is 5.65 Å². The Labute approximate surface area is 136 Å². The zero-order valence-electron chi connectivity index (χ0n) is 13.9. The summed E-state index contributed by atoms with van der Waals surface area (Å²) in [6.07, 6.45) is 5.49. The fourth-order valence-corrected chi connectivity index (χ4v) is 2.96. The molecule has 0 radical (unpaired) electrons. The number of rotatable bonds is 4. The SMILES string of the molecule is CCNC(=NCCc1cn2cccc(C)c2n1)N1CC[C@@H](O)C1. The van der Waals surface area contributed by atoms with Crippen LogP contribution in [0.1, 0.15) is 24.6 Å². The van der Waals surface area contributed by atoms with Gasteiger partial charge in [0, 0.05) is 45.0 Å². The third-order valence-corrected chi connectivity index (χ3v) is 4.16. The maximum atomic E-state index is 9.69. The first-order valence-electron chi connectivity index (χ1n) is 8.32. The number of aryl methyl sites for hydroxylation is 1. The highest BCUT2D eigenvalue weighted by molar-refractivity contribution is 5.80. The van der Waals surface area contributed by atoms with Gasteiger partial charge in [-0.1, -0.05) is 6.07 Å². The molecule has 2 aromatic rings. The van der Waals surface area contributed by atoms with E-state index < -0.39 is 0 Å². The summed E-state index contributed by atoms with van der Waals surface area (Å²) in [5, 5.41) is 13.0. The number of hydrogen-bond donors (Lipinski definition) is 2. The molecule has 0 unspecified atom stereocenters. The third kappa shape index (κ3) is 3.64. The van der Waals surface area contributed by atoms with Crippen LogP contribution in [-0.2, 0) is 6.42 Å². The fourth-order valence-electron chi connectivity index (χ4n) is 2.96. The van der Waals surface area contributed by atoms with Crippen molar-refractivity contribution in [3.63, 3.8) is 0 Å². The summed E-state index contributed by atoms with van der Waals surface area (Å²) in [7, 11) is 0. The van der Waals surface area contributed by atoms with E-state index in [0.29, 0.717) is 13.1 Å². The van der Waals surface area contributed by atoms with E-state index in [2.05, 4.69) is 50.7 Å². The monoisotopic (exact) mass is 315 g/mol. The molecule has 124 valence electrons. The number of nitrogens with one attached hydrogen (secondary N) is 1. The standard InChI is InChI=1S/C17H25N5O/c1-3-18-17(22-10-7-15(23)12-22)19-8-6-14-11-21-9-4-5-13(2)16(21)20-14/h4-5,9,11,15,23H,3,6-8,10,12H2,1-2H3,(H,18,19)/t15-/m1/s1. The first-order chi connectivity index (χ1) is 11.2. The van der Waals surface area contributed by atoms with Gasteiger partial charge >= 0.3 is 0 Å². The molecule has 0 amide bonds. The first-order valence-corrected chi connectivity index (χ1v) is 8.32. The van der Waals surface area contributed by atoms with Gasteiger partial charge in [-0.15, -0.1) is 0 Å². The van der Waals surface area contributed by atoms with Crippen molar-refractivity contribution in [1.29, 1.82) is 0 Å². The Hall–Kier alpha value is -2.08. The van der Waals surface area contributed by atoms with Gasteiger partial charge in [-0.3, -0.25) is 4.99 Å². The minimum absolute atomic E-state index is 0.236. The van der Waals surface area contributed by atoms with E-state index in [1.807, 2.05) is 12.3 Å². The lowest BCUT2D eigenvalue weighted by Crippen LogP contribution is -2.40. The number of likely N-dealkylation sites (tertiary alicyclic amines) is 1. The lowest BCUT2D eigenvalue weighted by atomic mass is 10.3. The Balaban J connectivity index is 1.66. The molecule has 3 heterocycles. The predicted octanol–water partition coefficient (Wildman–Crippen LogP) is 1.22. The Morgan fingerprint density at radius 3 is 3.09 bits per heavy atom. The van der Waals surface area contributed by atoms with Crippen molar-refractivity contribution in [1.82, 2.24) is 19.6 Å². The van der Waals surface area contributed by atoms with Gasteiger partial charge in [0.15, 0.2) is 5.96 Å². The number of pyridine rings is 1. The number of fused-ring (bicyclic) bond motifs is 1. The molecule has 0 aliphatic carbocycles. The molecular formula is C17H25N5O. The Bertz CT molecular complexity index is 693. The topological polar surface area (TPSA) is 65.2 Å². The van der Waals surface area contributed by atoms with E-state index in [-0.39, 0.29) is 6.10 Å². The van der Waals surface area contributed by atoms with Crippen molar-refractivity contribution in [2.45, 2.75) is 32.8 Å². The van der Waals surface area contributed by atoms with E-state index in [0.717, 1.165) is 43.2 Å². The van der Waals surface area contributed by atoms with Crippen LogP contribution in [0.15, 0.2) is 29.5 Å². The molecule has 2 N–H and O–H groups in total. The molecule has 0 spiro atoms. The summed E-state index contributed by atoms with van der Waals surface area (Å²) in [5.41, 5.74) is 3.25. The van der Waals surface area contributed by atoms with Crippen LogP contribution in [0.4, 0.5) is 0 Å². The summed E-state index contributed by atoms with van der Waals surface area (Å²) >= 11 is 0. The van der Waals surface area contributed by atoms with E-state index in [1.165, 1.54) is 5.56 Å². The molecule has 1 saturated heterocycles. The molecule has 1 fully saturated rings. The predicted molar refractivity (Wildman–Crippen MR) is 91.8 cm³/mol. The van der Waals surface area contributed by atoms with Crippen molar-refractivity contribution in [2.24, 2.45) is 4.99 Å². The number of β-amino-alcohol motifs (C(OH)–C–C–N with tert-alkyl or cyclic N) is 1. The molecule has 2 aromatic heterocycles. The van der Waals surface area contributed by atoms with E-state index in [1.54, 1.807) is 0 Å². The third-order valence-electron chi connectivity index (χ3n) is 4.16. The van der Waals surface area contributed by atoms with Crippen molar-refractivity contribution in [3.05, 3.63) is 35.8 Å². The van der Waals surface area contributed by atoms with Crippen molar-refractivity contribution < 1.29 is 5.11 Å². The highest BCUT2D eigenvalue weighted by atomic mass is 16.3. The van der Waals surface area contributed by atoms with Crippen LogP contribution >= 0.6 is 0 Å². The molecule has 0 bridgehead atoms. The molecule has 0 aromatic carbocycles. The first kappa shape index (κ1) is 15.8. The van der Waals surface area contributed by atoms with E-state index in [4.69, 9.17) is 0 Å². The average Bonchev–Trinajstić information content (AvgIpc) is 3.13. The summed E-state index contributed by atoms with van der Waals surface area (Å²) in [5.74, 6) is 0.893. The summed E-state index contributed by atoms with van der Waals surface area (Å²) < 4.78 is 2.07. The number of aliphatic imine (C=N–C) groups is 1. The Morgan fingerprint density at radius 1 is 1.52 bits per heavy atom. The highest BCUT2D eigenvalue weighted by Gasteiger charge is 2.22. The van der Waals surface area contributed by atoms with Crippen LogP contribution in [0.2, 0.25) is 0 Å². The second-order valence-electron chi connectivity index (χ2n) is 6.03. The maximum Gasteiger partial charge on any atom is 0.194 e. The largest absolute Gasteiger partial charge is 0.391 e. The molecule has 0 saturated carbocycles. The Kier molecular flexibility index (Phi) is 4.81. The molecule has 1 aliphatic rings. The average molecular weight is 315 g/mol. The van der Waals surface area contributed by atoms with Crippen LogP contribution < -0.4 is 5.32 Å². The number of imidazole rings is 1. The zero-order chi connectivity index (χ0) is 16.2. The number of aliphatic hydroxyl groups is 1. The van der Waals surface area contributed by atoms with Gasteiger partial charge in [0.25, 0.3) is 0 Å². The van der Waals surface area contributed by atoms with Gasteiger partial charge in [0.2, 0.25) is 0 Å². The lowest BCUT2D eigenvalue weighted by Gasteiger charge is -2.20. The summed E-state index contributed by atoms with van der Waals surface area (Å²) in [6, 6.07) is 4.11. The van der Waals surface area contributed by atoms with E-state index in [9.17, 15) is 5.11 Å². The minimum atomic E-state index is -0.236. The fraction of sp³-hybridized carbons (Fsp3) is 0.529. The van der Waals surface area contributed by atoms with Crippen LogP contribution in [0.25, 0.3) is 5.65 Å². The molecular weight excluding hydrogens is 290 g/mol. The minimum Gasteiger partial charge on any atom is -0.391 e. The highest BCUT2D eigenvalue weighted by Crippen LogP contribution is 2.11. The number of guanidine groups is 1. The molecule has 6 nitrogen and oxygen atoms in total. The van der Waals surface area contributed by atoms with Crippen molar-refractivity contribution >= 4 is 11.6 Å². The molecule has 6 heteroatoms. The van der Waals surface area contributed by atoms with Gasteiger partial charge in [-0.05, 0) is 31.9 Å². The molecule has 3 rings (SSSR count). The lowest BCUT2D eigenvalue weighted by molar-refractivity contribution is 0.188. The number of aliphatic hydroxyl groups excluding tert-OH is 1. The van der Waals surface area contributed by atoms with Gasteiger partial charge < -0.3 is 19.7 Å². The molecule has 1 aliphatic heterocycles. The Morgan fingerprint density at radius 2 is 2.39 bits per heavy atom. The second-order valence-corrected chi connectivity index (χ2v) is 6.03. The van der Waals surface area contributed by atoms with Crippen LogP contribution in [0.5, 0.6) is 0 Å². The number of aromatic nitrogens is 2. The maximum absolute atomic E-state index is 9.69. The van der Waals surface area contributed by atoms with Crippen molar-refractivity contribution in [2.75, 3.05) is 26.2 Å². The normalized spacial score (nSPS) is 18.8.